The SMILES string of the molecule is COC(=O)Nc1ccc(S(=O)(=O)I)c([C@H]2CCCN2C(=O)[C@H](Nc2ccc3c(C)c[nH]c(=O)c3c2)c2ccc(OC)c(OC)c2)c1. The highest BCUT2D eigenvalue weighted by molar-refractivity contribution is 14.2. The van der Waals surface area contributed by atoms with Gasteiger partial charge in [-0.1, -0.05) is 12.1 Å². The van der Waals surface area contributed by atoms with Crippen LogP contribution in [0.2, 0.25) is 0 Å². The van der Waals surface area contributed by atoms with E-state index in [-0.39, 0.29) is 16.4 Å². The largest absolute Gasteiger partial charge is 0.493 e. The molecular formula is C32H33IN4O8S. The molecular weight excluding hydrogens is 727 g/mol. The van der Waals surface area contributed by atoms with Crippen LogP contribution in [0.5, 0.6) is 11.5 Å². The lowest BCUT2D eigenvalue weighted by atomic mass is 10.00. The van der Waals surface area contributed by atoms with Gasteiger partial charge in [-0.2, -0.15) is 0 Å². The van der Waals surface area contributed by atoms with Crippen LogP contribution in [0.3, 0.4) is 0 Å². The Morgan fingerprint density at radius 2 is 1.72 bits per heavy atom. The molecule has 0 spiro atoms. The van der Waals surface area contributed by atoms with Gasteiger partial charge >= 0.3 is 6.09 Å². The Morgan fingerprint density at radius 1 is 0.978 bits per heavy atom. The van der Waals surface area contributed by atoms with Gasteiger partial charge in [0.15, 0.2) is 11.5 Å². The molecule has 0 unspecified atom stereocenters. The highest BCUT2D eigenvalue weighted by Crippen LogP contribution is 2.41. The molecule has 1 aliphatic heterocycles. The zero-order valence-electron chi connectivity index (χ0n) is 25.5. The minimum absolute atomic E-state index is 0.0490. The van der Waals surface area contributed by atoms with E-state index in [1.807, 2.05) is 13.0 Å². The Morgan fingerprint density at radius 3 is 2.41 bits per heavy atom. The van der Waals surface area contributed by atoms with Crippen LogP contribution < -0.4 is 25.7 Å². The third-order valence-corrected chi connectivity index (χ3v) is 10.3. The second-order valence-electron chi connectivity index (χ2n) is 10.7. The number of benzene rings is 3. The van der Waals surface area contributed by atoms with Gasteiger partial charge in [0.05, 0.1) is 53.5 Å². The first kappa shape index (κ1) is 33.1. The Bertz CT molecular complexity index is 1980. The Balaban J connectivity index is 1.60. The zero-order chi connectivity index (χ0) is 33.2. The van der Waals surface area contributed by atoms with E-state index in [1.54, 1.807) is 47.5 Å². The number of fused-ring (bicyclic) bond motifs is 1. The molecule has 1 aliphatic rings. The molecule has 5 rings (SSSR count). The number of carbonyl (C=O) groups excluding carboxylic acids is 2. The summed E-state index contributed by atoms with van der Waals surface area (Å²) in [6.45, 7) is 2.26. The predicted molar refractivity (Wildman–Crippen MR) is 183 cm³/mol. The summed E-state index contributed by atoms with van der Waals surface area (Å²) in [5, 5.41) is 7.16. The number of halogens is 1. The van der Waals surface area contributed by atoms with Crippen molar-refractivity contribution >= 4 is 62.4 Å². The van der Waals surface area contributed by atoms with Gasteiger partial charge in [-0.05, 0) is 84.3 Å². The van der Waals surface area contributed by atoms with Crippen molar-refractivity contribution in [2.45, 2.75) is 36.7 Å². The molecule has 0 bridgehead atoms. The van der Waals surface area contributed by atoms with Crippen molar-refractivity contribution < 1.29 is 32.2 Å². The van der Waals surface area contributed by atoms with Gasteiger partial charge in [-0.15, -0.1) is 0 Å². The number of aryl methyl sites for hydroxylation is 1. The fraction of sp³-hybridized carbons (Fsp3) is 0.281. The van der Waals surface area contributed by atoms with E-state index >= 15 is 0 Å². The van der Waals surface area contributed by atoms with Crippen molar-refractivity contribution in [3.63, 3.8) is 0 Å². The number of anilines is 2. The van der Waals surface area contributed by atoms with Gasteiger partial charge in [-0.3, -0.25) is 14.9 Å². The molecule has 1 saturated heterocycles. The molecule has 3 aromatic carbocycles. The van der Waals surface area contributed by atoms with Gasteiger partial charge in [0.2, 0.25) is 12.9 Å². The van der Waals surface area contributed by atoms with Crippen LogP contribution in [-0.2, 0) is 16.5 Å². The first-order valence-corrected chi connectivity index (χ1v) is 18.3. The molecule has 0 saturated carbocycles. The second kappa shape index (κ2) is 13.6. The number of aromatic amines is 1. The number of hydrogen-bond donors (Lipinski definition) is 3. The van der Waals surface area contributed by atoms with Gasteiger partial charge < -0.3 is 29.4 Å². The van der Waals surface area contributed by atoms with Crippen LogP contribution in [0.4, 0.5) is 16.2 Å². The number of pyridine rings is 1. The van der Waals surface area contributed by atoms with Crippen LogP contribution in [0.1, 0.15) is 41.6 Å². The number of likely N-dealkylation sites (tertiary alicyclic amines) is 1. The average molecular weight is 761 g/mol. The Labute approximate surface area is 277 Å². The topological polar surface area (TPSA) is 156 Å². The number of nitrogens with one attached hydrogen (secondary N) is 3. The molecule has 2 heterocycles. The first-order valence-electron chi connectivity index (χ1n) is 14.3. The highest BCUT2D eigenvalue weighted by atomic mass is 127. The van der Waals surface area contributed by atoms with E-state index in [0.717, 1.165) is 10.9 Å². The lowest BCUT2D eigenvalue weighted by molar-refractivity contribution is -0.133. The van der Waals surface area contributed by atoms with Gasteiger partial charge in [0, 0.05) is 29.5 Å². The van der Waals surface area contributed by atoms with Crippen molar-refractivity contribution in [1.29, 1.82) is 0 Å². The molecule has 1 aromatic heterocycles. The standard InChI is InChI=1S/C32H33IN4O8S/c1-18-17-34-30(38)23-15-20(8-10-22(18)23)35-29(19-7-11-26(43-2)27(14-19)44-3)31(39)37-13-5-6-25(37)24-16-21(36-32(40)45-4)9-12-28(24)46(33,41)42/h7-12,14-17,25,29,35H,5-6,13H2,1-4H3,(H,34,38)(H,36,40)/t25-,29-/m1/s1. The Kier molecular flexibility index (Phi) is 9.76. The number of rotatable bonds is 9. The van der Waals surface area contributed by atoms with Crippen LogP contribution in [0.15, 0.2) is 70.5 Å². The number of amides is 2. The maximum atomic E-state index is 14.6. The maximum absolute atomic E-state index is 14.6. The summed E-state index contributed by atoms with van der Waals surface area (Å²) < 4.78 is 41.4. The van der Waals surface area contributed by atoms with Crippen molar-refractivity contribution in [2.75, 3.05) is 38.5 Å². The summed E-state index contributed by atoms with van der Waals surface area (Å²) in [6.07, 6.45) is 2.06. The molecule has 3 N–H and O–H groups in total. The van der Waals surface area contributed by atoms with Crippen LogP contribution in [0.25, 0.3) is 10.8 Å². The summed E-state index contributed by atoms with van der Waals surface area (Å²) in [4.78, 5) is 43.7. The normalized spacial score (nSPS) is 15.3. The van der Waals surface area contributed by atoms with E-state index < -0.39 is 25.2 Å². The van der Waals surface area contributed by atoms with E-state index in [2.05, 4.69) is 15.6 Å². The van der Waals surface area contributed by atoms with E-state index in [4.69, 9.17) is 14.2 Å². The average Bonchev–Trinajstić information content (AvgIpc) is 3.54. The first-order chi connectivity index (χ1) is 21.9. The monoisotopic (exact) mass is 760 g/mol. The molecule has 242 valence electrons. The number of aromatic nitrogens is 1. The van der Waals surface area contributed by atoms with E-state index in [1.165, 1.54) is 54.7 Å². The minimum Gasteiger partial charge on any atom is -0.493 e. The lowest BCUT2D eigenvalue weighted by Gasteiger charge is -2.31. The summed E-state index contributed by atoms with van der Waals surface area (Å²) in [5.74, 6) is 0.579. The van der Waals surface area contributed by atoms with Crippen molar-refractivity contribution in [1.82, 2.24) is 9.88 Å². The summed E-state index contributed by atoms with van der Waals surface area (Å²) in [5.41, 5.74) is 2.45. The number of methoxy groups -OCH3 is 3. The van der Waals surface area contributed by atoms with E-state index in [9.17, 15) is 22.8 Å². The fourth-order valence-electron chi connectivity index (χ4n) is 5.78. The molecule has 2 atom stereocenters. The van der Waals surface area contributed by atoms with Crippen molar-refractivity contribution in [3.05, 3.63) is 87.8 Å². The number of hydrogen-bond acceptors (Lipinski definition) is 9. The maximum Gasteiger partial charge on any atom is 0.411 e. The number of ether oxygens (including phenoxy) is 3. The molecule has 0 aliphatic carbocycles. The Hall–Kier alpha value is -4.31. The predicted octanol–water partition coefficient (Wildman–Crippen LogP) is 5.67. The molecule has 1 fully saturated rings. The molecule has 14 heteroatoms. The lowest BCUT2D eigenvalue weighted by Crippen LogP contribution is -2.38. The number of carbonyl (C=O) groups is 2. The quantitative estimate of drug-likeness (QED) is 0.145. The molecule has 4 aromatic rings. The summed E-state index contributed by atoms with van der Waals surface area (Å²) in [6, 6.07) is 13.4. The van der Waals surface area contributed by atoms with E-state index in [0.29, 0.717) is 58.8 Å². The minimum atomic E-state index is -3.73. The zero-order valence-corrected chi connectivity index (χ0v) is 28.5. The summed E-state index contributed by atoms with van der Waals surface area (Å²) in [7, 11) is 0.519. The number of nitrogens with zero attached hydrogens (tertiary/aromatic N) is 1. The smallest absolute Gasteiger partial charge is 0.411 e. The van der Waals surface area contributed by atoms with Crippen LogP contribution in [0, 0.1) is 6.92 Å². The molecule has 0 radical (unpaired) electrons. The van der Waals surface area contributed by atoms with Gasteiger partial charge in [0.1, 0.15) is 6.04 Å². The van der Waals surface area contributed by atoms with Crippen LogP contribution >= 0.6 is 21.2 Å². The van der Waals surface area contributed by atoms with Crippen molar-refractivity contribution in [3.8, 4) is 11.5 Å². The van der Waals surface area contributed by atoms with Crippen LogP contribution in [-0.4, -0.2) is 58.2 Å². The van der Waals surface area contributed by atoms with Crippen molar-refractivity contribution in [2.24, 2.45) is 0 Å². The second-order valence-corrected chi connectivity index (χ2v) is 15.5. The molecule has 46 heavy (non-hydrogen) atoms. The highest BCUT2D eigenvalue weighted by Gasteiger charge is 2.37. The number of H-pyrrole nitrogens is 1. The molecule has 2 amide bonds. The van der Waals surface area contributed by atoms with Gasteiger partial charge in [-0.25, -0.2) is 13.2 Å². The summed E-state index contributed by atoms with van der Waals surface area (Å²) >= 11 is 1.38. The fourth-order valence-corrected chi connectivity index (χ4v) is 7.69. The third kappa shape index (κ3) is 6.77. The molecule has 12 nitrogen and oxygen atoms in total. The third-order valence-electron chi connectivity index (χ3n) is 8.01. The van der Waals surface area contributed by atoms with Gasteiger partial charge in [0.25, 0.3) is 5.56 Å².